The Labute approximate surface area is 259 Å². The molecule has 12 heteroatoms. The third-order valence-corrected chi connectivity index (χ3v) is 8.50. The fraction of sp³-hybridized carbons (Fsp3) is 0.419. The average Bonchev–Trinajstić information content (AvgIpc) is 3.16. The molecule has 3 heterocycles. The minimum Gasteiger partial charge on any atom is -0.444 e. The molecule has 0 radical (unpaired) electrons. The Morgan fingerprint density at radius 2 is 1.67 bits per heavy atom. The van der Waals surface area contributed by atoms with Gasteiger partial charge in [-0.25, -0.2) is 19.2 Å². The van der Waals surface area contributed by atoms with Gasteiger partial charge >= 0.3 is 6.09 Å². The second-order valence-corrected chi connectivity index (χ2v) is 13.0. The van der Waals surface area contributed by atoms with Gasteiger partial charge in [-0.3, -0.25) is 9.69 Å². The summed E-state index contributed by atoms with van der Waals surface area (Å²) in [5.74, 6) is -1.68. The second-order valence-electron chi connectivity index (χ2n) is 12.2. The molecule has 3 aromatic rings. The molecule has 2 unspecified atom stereocenters. The van der Waals surface area contributed by atoms with E-state index in [1.807, 2.05) is 0 Å². The number of fused-ring (bicyclic) bond motifs is 1. The molecule has 2 N–H and O–H groups in total. The smallest absolute Gasteiger partial charge is 0.410 e. The number of ether oxygens (including phenoxy) is 1. The Balaban J connectivity index is 1.49. The predicted molar refractivity (Wildman–Crippen MR) is 158 cm³/mol. The van der Waals surface area contributed by atoms with E-state index in [-0.39, 0.29) is 40.5 Å². The van der Waals surface area contributed by atoms with Crippen LogP contribution in [0.5, 0.6) is 0 Å². The maximum Gasteiger partial charge on any atom is 0.410 e. The van der Waals surface area contributed by atoms with Crippen LogP contribution in [-0.2, 0) is 22.6 Å². The first kappa shape index (κ1) is 31.1. The van der Waals surface area contributed by atoms with E-state index in [0.717, 1.165) is 11.0 Å². The molecule has 1 aromatic heterocycles. The molecule has 1 fully saturated rings. The largest absolute Gasteiger partial charge is 0.444 e. The van der Waals surface area contributed by atoms with Crippen LogP contribution in [0.15, 0.2) is 48.8 Å². The van der Waals surface area contributed by atoms with E-state index >= 15 is 4.39 Å². The van der Waals surface area contributed by atoms with Crippen LogP contribution >= 0.6 is 23.2 Å². The molecule has 0 spiro atoms. The van der Waals surface area contributed by atoms with Gasteiger partial charge in [0.1, 0.15) is 17.2 Å². The van der Waals surface area contributed by atoms with Crippen LogP contribution < -0.4 is 0 Å². The van der Waals surface area contributed by atoms with E-state index in [0.29, 0.717) is 36.0 Å². The van der Waals surface area contributed by atoms with E-state index in [9.17, 15) is 19.8 Å². The second kappa shape index (κ2) is 11.3. The van der Waals surface area contributed by atoms with Crippen LogP contribution in [0.3, 0.4) is 0 Å². The maximum atomic E-state index is 16.2. The summed E-state index contributed by atoms with van der Waals surface area (Å²) >= 11 is 12.0. The zero-order valence-electron chi connectivity index (χ0n) is 24.3. The first-order valence-electron chi connectivity index (χ1n) is 13.9. The highest BCUT2D eigenvalue weighted by molar-refractivity contribution is 6.30. The maximum absolute atomic E-state index is 16.2. The summed E-state index contributed by atoms with van der Waals surface area (Å²) in [6, 6.07) is 8.70. The van der Waals surface area contributed by atoms with Gasteiger partial charge in [-0.2, -0.15) is 0 Å². The van der Waals surface area contributed by atoms with Gasteiger partial charge in [0.05, 0.1) is 28.3 Å². The number of halogens is 3. The zero-order chi connectivity index (χ0) is 31.3. The number of hydrogen-bond acceptors (Lipinski definition) is 7. The third kappa shape index (κ3) is 5.93. The molecule has 0 aliphatic carbocycles. The monoisotopic (exact) mass is 630 g/mol. The molecule has 2 aliphatic rings. The lowest BCUT2D eigenvalue weighted by Gasteiger charge is -2.40. The zero-order valence-corrected chi connectivity index (χ0v) is 25.8. The minimum atomic E-state index is -2.22. The molecule has 0 bridgehead atoms. The van der Waals surface area contributed by atoms with Crippen LogP contribution in [0, 0.1) is 11.7 Å². The van der Waals surface area contributed by atoms with Crippen LogP contribution in [0.2, 0.25) is 10.0 Å². The lowest BCUT2D eigenvalue weighted by Crippen LogP contribution is -2.46. The molecule has 2 aromatic carbocycles. The van der Waals surface area contributed by atoms with Gasteiger partial charge in [0.15, 0.2) is 5.72 Å². The normalized spacial score (nSPS) is 20.6. The van der Waals surface area contributed by atoms with Gasteiger partial charge in [0.25, 0.3) is 5.91 Å². The first-order valence-corrected chi connectivity index (χ1v) is 14.7. The molecule has 5 rings (SSSR count). The lowest BCUT2D eigenvalue weighted by atomic mass is 9.76. The number of nitrogens with zero attached hydrogens (tertiary/aromatic N) is 4. The fourth-order valence-corrected chi connectivity index (χ4v) is 5.99. The highest BCUT2D eigenvalue weighted by Crippen LogP contribution is 2.47. The number of aromatic nitrogens is 2. The summed E-state index contributed by atoms with van der Waals surface area (Å²) < 4.78 is 21.6. The van der Waals surface area contributed by atoms with Gasteiger partial charge in [-0.15, -0.1) is 0 Å². The molecule has 1 saturated heterocycles. The first-order chi connectivity index (χ1) is 20.1. The number of likely N-dealkylation sites (tertiary alicyclic amines) is 1. The molecule has 43 heavy (non-hydrogen) atoms. The number of carbonyl (C=O) groups is 2. The molecular formula is C31H33Cl2FN4O5. The summed E-state index contributed by atoms with van der Waals surface area (Å²) in [4.78, 5) is 37.4. The van der Waals surface area contributed by atoms with E-state index < -0.39 is 34.7 Å². The Hall–Kier alpha value is -3.31. The van der Waals surface area contributed by atoms with Crippen molar-refractivity contribution in [2.45, 2.75) is 64.0 Å². The predicted octanol–water partition coefficient (Wildman–Crippen LogP) is 5.63. The van der Waals surface area contributed by atoms with Gasteiger partial charge in [0, 0.05) is 36.1 Å². The molecule has 2 aliphatic heterocycles. The van der Waals surface area contributed by atoms with E-state index in [1.165, 1.54) is 42.7 Å². The van der Waals surface area contributed by atoms with Crippen LogP contribution in [0.1, 0.15) is 73.4 Å². The number of benzene rings is 2. The number of hydrogen-bond donors (Lipinski definition) is 2. The summed E-state index contributed by atoms with van der Waals surface area (Å²) in [5, 5.41) is 24.6. The Morgan fingerprint density at radius 1 is 1.07 bits per heavy atom. The van der Waals surface area contributed by atoms with Crippen molar-refractivity contribution >= 4 is 35.2 Å². The quantitative estimate of drug-likeness (QED) is 0.375. The lowest BCUT2D eigenvalue weighted by molar-refractivity contribution is -0.0573. The minimum absolute atomic E-state index is 0.0899. The van der Waals surface area contributed by atoms with Crippen LogP contribution in [0.25, 0.3) is 0 Å². The summed E-state index contributed by atoms with van der Waals surface area (Å²) in [5.41, 5.74) is -4.31. The number of rotatable bonds is 5. The fourth-order valence-electron chi connectivity index (χ4n) is 5.77. The Kier molecular flexibility index (Phi) is 8.19. The SMILES string of the molecule is CC(C)(C)OC(=O)N1CCC(C(C)(O)c2cc(F)c3c(c2)C(=O)N(Cc2ncc(Cl)cn2)C3(O)c2ccc(Cl)cc2)CC1. The van der Waals surface area contributed by atoms with Crippen molar-refractivity contribution in [2.24, 2.45) is 5.92 Å². The summed E-state index contributed by atoms with van der Waals surface area (Å²) in [6.45, 7) is 7.42. The Bertz CT molecular complexity index is 1540. The highest BCUT2D eigenvalue weighted by atomic mass is 35.5. The molecular weight excluding hydrogens is 598 g/mol. The van der Waals surface area contributed by atoms with Crippen molar-refractivity contribution in [2.75, 3.05) is 13.1 Å². The molecule has 9 nitrogen and oxygen atoms in total. The number of amides is 2. The third-order valence-electron chi connectivity index (χ3n) is 8.05. The molecule has 2 atom stereocenters. The van der Waals surface area contributed by atoms with Gasteiger partial charge < -0.3 is 19.8 Å². The van der Waals surface area contributed by atoms with Crippen molar-refractivity contribution in [3.05, 3.63) is 92.7 Å². The van der Waals surface area contributed by atoms with E-state index in [2.05, 4.69) is 9.97 Å². The molecule has 2 amide bonds. The van der Waals surface area contributed by atoms with Crippen LogP contribution in [-0.4, -0.2) is 60.7 Å². The van der Waals surface area contributed by atoms with Gasteiger partial charge in [-0.05, 0) is 76.3 Å². The number of carbonyl (C=O) groups excluding carboxylic acids is 2. The standard InChI is InChI=1S/C31H33Cl2FN4O5/c1-29(2,3)43-28(40)37-11-9-18(10-12-37)30(4,41)20-13-23-26(24(34)14-20)31(42,19-5-7-21(32)8-6-19)38(27(23)39)17-25-35-15-22(33)16-36-25/h5-8,13-16,18,41-42H,9-12,17H2,1-4H3. The Morgan fingerprint density at radius 3 is 2.26 bits per heavy atom. The van der Waals surface area contributed by atoms with E-state index in [1.54, 1.807) is 32.6 Å². The number of piperidine rings is 1. The summed E-state index contributed by atoms with van der Waals surface area (Å²) in [6.07, 6.45) is 3.18. The topological polar surface area (TPSA) is 116 Å². The van der Waals surface area contributed by atoms with Crippen molar-refractivity contribution < 1.29 is 28.9 Å². The average molecular weight is 632 g/mol. The van der Waals surface area contributed by atoms with Crippen LogP contribution in [0.4, 0.5) is 9.18 Å². The number of aliphatic hydroxyl groups is 2. The van der Waals surface area contributed by atoms with Crippen molar-refractivity contribution in [1.82, 2.24) is 19.8 Å². The van der Waals surface area contributed by atoms with E-state index in [4.69, 9.17) is 27.9 Å². The highest BCUT2D eigenvalue weighted by Gasteiger charge is 2.53. The van der Waals surface area contributed by atoms with Gasteiger partial charge in [0.2, 0.25) is 0 Å². The summed E-state index contributed by atoms with van der Waals surface area (Å²) in [7, 11) is 0. The molecule has 0 saturated carbocycles. The van der Waals surface area contributed by atoms with Crippen molar-refractivity contribution in [3.8, 4) is 0 Å². The van der Waals surface area contributed by atoms with Gasteiger partial charge in [-0.1, -0.05) is 35.3 Å². The molecule has 228 valence electrons. The van der Waals surface area contributed by atoms with Crippen molar-refractivity contribution in [3.63, 3.8) is 0 Å². The van der Waals surface area contributed by atoms with Crippen molar-refractivity contribution in [1.29, 1.82) is 0 Å².